The van der Waals surface area contributed by atoms with E-state index >= 15 is 0 Å². The maximum atomic E-state index is 12.1. The molecule has 96 valence electrons. The summed E-state index contributed by atoms with van der Waals surface area (Å²) in [6.07, 6.45) is 5.03. The van der Waals surface area contributed by atoms with Crippen LogP contribution in [0.3, 0.4) is 0 Å². The van der Waals surface area contributed by atoms with Crippen molar-refractivity contribution in [2.24, 2.45) is 5.92 Å². The van der Waals surface area contributed by atoms with Crippen molar-refractivity contribution in [3.05, 3.63) is 35.9 Å². The van der Waals surface area contributed by atoms with Gasteiger partial charge in [-0.3, -0.25) is 4.79 Å². The fraction of sp³-hybridized carbons (Fsp3) is 0.533. The Morgan fingerprint density at radius 3 is 2.83 bits per heavy atom. The van der Waals surface area contributed by atoms with Crippen LogP contribution in [0.1, 0.15) is 31.2 Å². The molecule has 0 spiro atoms. The summed E-state index contributed by atoms with van der Waals surface area (Å²) >= 11 is 6.49. The smallest absolute Gasteiger partial charge is 0.224 e. The number of likely N-dealkylation sites (tertiary alicyclic amines) is 1. The lowest BCUT2D eigenvalue weighted by atomic mass is 10.0. The number of rotatable bonds is 3. The zero-order valence-corrected chi connectivity index (χ0v) is 11.1. The fourth-order valence-corrected chi connectivity index (χ4v) is 3.84. The van der Waals surface area contributed by atoms with Gasteiger partial charge in [0.25, 0.3) is 0 Å². The van der Waals surface area contributed by atoms with Crippen LogP contribution < -0.4 is 0 Å². The summed E-state index contributed by atoms with van der Waals surface area (Å²) in [5.41, 5.74) is 1.01. The number of alkyl halides is 1. The lowest BCUT2D eigenvalue weighted by molar-refractivity contribution is -0.129. The second kappa shape index (κ2) is 4.93. The summed E-state index contributed by atoms with van der Waals surface area (Å²) in [5.74, 6) is 0.815. The Labute approximate surface area is 113 Å². The Bertz CT molecular complexity index is 433. The lowest BCUT2D eigenvalue weighted by Gasteiger charge is -2.29. The maximum absolute atomic E-state index is 12.1. The van der Waals surface area contributed by atoms with E-state index in [0.717, 1.165) is 12.8 Å². The molecule has 1 saturated carbocycles. The number of fused-ring (bicyclic) bond motifs is 1. The van der Waals surface area contributed by atoms with E-state index in [-0.39, 0.29) is 11.4 Å². The number of hydrogen-bond donors (Lipinski definition) is 0. The van der Waals surface area contributed by atoms with Crippen molar-refractivity contribution in [2.45, 2.75) is 43.6 Å². The molecule has 3 atom stereocenters. The summed E-state index contributed by atoms with van der Waals surface area (Å²) in [4.78, 5) is 14.0. The Morgan fingerprint density at radius 2 is 2.06 bits per heavy atom. The topological polar surface area (TPSA) is 20.3 Å². The van der Waals surface area contributed by atoms with Gasteiger partial charge in [0, 0.05) is 18.9 Å². The van der Waals surface area contributed by atoms with Crippen molar-refractivity contribution in [1.29, 1.82) is 0 Å². The SMILES string of the molecule is O=C1CC2CCCC2N1[C@H](Cl)Cc1ccccc1. The first kappa shape index (κ1) is 12.0. The Kier molecular flexibility index (Phi) is 3.29. The van der Waals surface area contributed by atoms with Gasteiger partial charge in [0.2, 0.25) is 5.91 Å². The number of carbonyl (C=O) groups is 1. The molecule has 1 aromatic carbocycles. The molecule has 0 N–H and O–H groups in total. The monoisotopic (exact) mass is 263 g/mol. The van der Waals surface area contributed by atoms with Crippen LogP contribution in [0.2, 0.25) is 0 Å². The zero-order chi connectivity index (χ0) is 12.5. The van der Waals surface area contributed by atoms with E-state index in [1.807, 2.05) is 23.1 Å². The summed E-state index contributed by atoms with van der Waals surface area (Å²) in [5, 5.41) is 0. The standard InChI is InChI=1S/C15H18ClNO/c16-14(9-11-5-2-1-3-6-11)17-13-8-4-7-12(13)10-15(17)18/h1-3,5-6,12-14H,4,7-10H2/t12?,13?,14-/m0/s1. The van der Waals surface area contributed by atoms with E-state index in [0.29, 0.717) is 18.4 Å². The Morgan fingerprint density at radius 1 is 1.28 bits per heavy atom. The highest BCUT2D eigenvalue weighted by molar-refractivity contribution is 6.21. The predicted molar refractivity (Wildman–Crippen MR) is 72.4 cm³/mol. The first-order chi connectivity index (χ1) is 8.75. The van der Waals surface area contributed by atoms with E-state index in [9.17, 15) is 4.79 Å². The molecule has 0 aromatic heterocycles. The predicted octanol–water partition coefficient (Wildman–Crippen LogP) is 3.20. The first-order valence-electron chi connectivity index (χ1n) is 6.75. The van der Waals surface area contributed by atoms with E-state index in [1.54, 1.807) is 0 Å². The molecule has 3 heteroatoms. The van der Waals surface area contributed by atoms with Gasteiger partial charge >= 0.3 is 0 Å². The molecule has 1 amide bonds. The van der Waals surface area contributed by atoms with Gasteiger partial charge in [-0.2, -0.15) is 0 Å². The normalized spacial score (nSPS) is 28.5. The van der Waals surface area contributed by atoms with Crippen LogP contribution in [0.25, 0.3) is 0 Å². The van der Waals surface area contributed by atoms with Gasteiger partial charge in [0.05, 0.1) is 0 Å². The molecule has 2 nitrogen and oxygen atoms in total. The third-order valence-electron chi connectivity index (χ3n) is 4.25. The van der Waals surface area contributed by atoms with Crippen LogP contribution in [0.4, 0.5) is 0 Å². The van der Waals surface area contributed by atoms with Gasteiger partial charge in [0.15, 0.2) is 0 Å². The summed E-state index contributed by atoms with van der Waals surface area (Å²) in [6.45, 7) is 0. The third-order valence-corrected chi connectivity index (χ3v) is 4.61. The van der Waals surface area contributed by atoms with Crippen LogP contribution in [0, 0.1) is 5.92 Å². The minimum Gasteiger partial charge on any atom is -0.323 e. The van der Waals surface area contributed by atoms with E-state index in [2.05, 4.69) is 12.1 Å². The van der Waals surface area contributed by atoms with Gasteiger partial charge in [-0.05, 0) is 24.3 Å². The Hall–Kier alpha value is -1.02. The van der Waals surface area contributed by atoms with Crippen molar-refractivity contribution >= 4 is 17.5 Å². The molecule has 0 bridgehead atoms. The minimum absolute atomic E-state index is 0.187. The summed E-state index contributed by atoms with van der Waals surface area (Å²) in [6, 6.07) is 10.6. The number of amides is 1. The largest absolute Gasteiger partial charge is 0.323 e. The summed E-state index contributed by atoms with van der Waals surface area (Å²) in [7, 11) is 0. The van der Waals surface area contributed by atoms with Crippen molar-refractivity contribution in [2.75, 3.05) is 0 Å². The van der Waals surface area contributed by atoms with Crippen LogP contribution in [0.5, 0.6) is 0 Å². The first-order valence-corrected chi connectivity index (χ1v) is 7.18. The molecule has 18 heavy (non-hydrogen) atoms. The van der Waals surface area contributed by atoms with E-state index in [4.69, 9.17) is 11.6 Å². The minimum atomic E-state index is -0.187. The molecule has 2 unspecified atom stereocenters. The molecule has 1 aliphatic heterocycles. The highest BCUT2D eigenvalue weighted by atomic mass is 35.5. The third kappa shape index (κ3) is 2.14. The van der Waals surface area contributed by atoms with Crippen molar-refractivity contribution in [3.8, 4) is 0 Å². The highest BCUT2D eigenvalue weighted by Gasteiger charge is 2.44. The van der Waals surface area contributed by atoms with Crippen LogP contribution in [-0.2, 0) is 11.2 Å². The van der Waals surface area contributed by atoms with Gasteiger partial charge in [0.1, 0.15) is 5.50 Å². The molecule has 1 aliphatic carbocycles. The number of benzene rings is 1. The van der Waals surface area contributed by atoms with Gasteiger partial charge in [-0.15, -0.1) is 0 Å². The van der Waals surface area contributed by atoms with Crippen molar-refractivity contribution in [3.63, 3.8) is 0 Å². The van der Waals surface area contributed by atoms with Crippen molar-refractivity contribution < 1.29 is 4.79 Å². The van der Waals surface area contributed by atoms with Gasteiger partial charge in [-0.1, -0.05) is 48.4 Å². The highest BCUT2D eigenvalue weighted by Crippen LogP contribution is 2.40. The summed E-state index contributed by atoms with van der Waals surface area (Å²) < 4.78 is 0. The second-order valence-corrected chi connectivity index (χ2v) is 5.89. The molecule has 2 fully saturated rings. The number of carbonyl (C=O) groups excluding carboxylic acids is 1. The molecule has 1 heterocycles. The lowest BCUT2D eigenvalue weighted by Crippen LogP contribution is -2.40. The number of nitrogens with zero attached hydrogens (tertiary/aromatic N) is 1. The quantitative estimate of drug-likeness (QED) is 0.606. The average molecular weight is 264 g/mol. The van der Waals surface area contributed by atoms with Crippen LogP contribution in [0.15, 0.2) is 30.3 Å². The van der Waals surface area contributed by atoms with E-state index < -0.39 is 0 Å². The van der Waals surface area contributed by atoms with Crippen LogP contribution in [-0.4, -0.2) is 22.3 Å². The van der Waals surface area contributed by atoms with Gasteiger partial charge in [-0.25, -0.2) is 0 Å². The number of hydrogen-bond acceptors (Lipinski definition) is 1. The average Bonchev–Trinajstić information content (AvgIpc) is 2.89. The Balaban J connectivity index is 1.72. The molecule has 0 radical (unpaired) electrons. The number of halogens is 1. The van der Waals surface area contributed by atoms with E-state index in [1.165, 1.54) is 18.4 Å². The zero-order valence-electron chi connectivity index (χ0n) is 10.4. The molecule has 1 saturated heterocycles. The van der Waals surface area contributed by atoms with Crippen LogP contribution >= 0.6 is 11.6 Å². The molecule has 3 rings (SSSR count). The molecular weight excluding hydrogens is 246 g/mol. The second-order valence-electron chi connectivity index (χ2n) is 5.39. The molecular formula is C15H18ClNO. The van der Waals surface area contributed by atoms with Crippen molar-refractivity contribution in [1.82, 2.24) is 4.90 Å². The maximum Gasteiger partial charge on any atom is 0.224 e. The molecule has 1 aromatic rings. The molecule has 2 aliphatic rings. The fourth-order valence-electron chi connectivity index (χ4n) is 3.41. The van der Waals surface area contributed by atoms with Gasteiger partial charge < -0.3 is 4.90 Å².